The molecule has 0 unspecified atom stereocenters. The van der Waals surface area contributed by atoms with Crippen molar-refractivity contribution in [1.82, 2.24) is 9.80 Å². The second-order valence-electron chi connectivity index (χ2n) is 18.6. The largest absolute Gasteiger partial charge is 4.00 e. The smallest absolute Gasteiger partial charge is 0.507 e. The van der Waals surface area contributed by atoms with Gasteiger partial charge in [-0.1, -0.05) is 145 Å². The third kappa shape index (κ3) is 9.83. The van der Waals surface area contributed by atoms with E-state index < -0.39 is 10.8 Å². The normalized spacial score (nSPS) is 13.2. The number of likely N-dealkylation sites (N-methyl/N-ethyl adjacent to an activating group) is 1. The van der Waals surface area contributed by atoms with Crippen LogP contribution in [0.15, 0.2) is 182 Å². The summed E-state index contributed by atoms with van der Waals surface area (Å²) in [6, 6.07) is 62.8. The fourth-order valence-corrected chi connectivity index (χ4v) is 10.2. The van der Waals surface area contributed by atoms with Crippen LogP contribution in [0, 0.1) is 27.7 Å². The standard InChI is InChI=1S/C48H48N2O2.2C7H7.Hf/c1-31-25-33(45(51)43(27-31)47(3)39-19-11-7-15-35(39)36-16-8-12-20-40(36)47)29-50(24-23-49(5)6)30-34-26-32(2)28-44(46(34)52)48(4)41-21-13-9-17-37(41)38-18-10-14-22-42(38)48;2*1-7-5-3-2-4-6-7;/h7-22,25-28,51-52H,23-24,29-30H2,1-6H3;2*2-6H,1H2;/q;2*-1;+4. The molecule has 0 aromatic heterocycles. The summed E-state index contributed by atoms with van der Waals surface area (Å²) in [7, 11) is 4.18. The van der Waals surface area contributed by atoms with Crippen LogP contribution in [0.3, 0.4) is 0 Å². The number of rotatable bonds is 9. The number of nitrogens with zero attached hydrogens (tertiary/aromatic N) is 2. The zero-order valence-corrected chi connectivity index (χ0v) is 43.4. The second-order valence-corrected chi connectivity index (χ2v) is 18.6. The fourth-order valence-electron chi connectivity index (χ4n) is 10.2. The van der Waals surface area contributed by atoms with E-state index in [4.69, 9.17) is 0 Å². The number of phenolic OH excluding ortho intramolecular Hbond substituents is 2. The summed E-state index contributed by atoms with van der Waals surface area (Å²) in [6.07, 6.45) is 0. The Morgan fingerprint density at radius 1 is 0.418 bits per heavy atom. The van der Waals surface area contributed by atoms with Gasteiger partial charge in [-0.25, -0.2) is 0 Å². The van der Waals surface area contributed by atoms with Crippen LogP contribution in [0.2, 0.25) is 0 Å². The number of fused-ring (bicyclic) bond motifs is 6. The summed E-state index contributed by atoms with van der Waals surface area (Å²) in [5.41, 5.74) is 16.8. The van der Waals surface area contributed by atoms with E-state index in [-0.39, 0.29) is 25.8 Å². The van der Waals surface area contributed by atoms with Crippen LogP contribution < -0.4 is 0 Å². The van der Waals surface area contributed by atoms with Gasteiger partial charge in [0.15, 0.2) is 0 Å². The summed E-state index contributed by atoms with van der Waals surface area (Å²) in [6.45, 7) is 18.9. The van der Waals surface area contributed by atoms with Gasteiger partial charge in [-0.05, 0) is 86.3 Å². The fraction of sp³-hybridized carbons (Fsp3) is 0.194. The maximum atomic E-state index is 12.3. The van der Waals surface area contributed by atoms with Gasteiger partial charge in [-0.3, -0.25) is 4.90 Å². The molecule has 8 aromatic carbocycles. The maximum Gasteiger partial charge on any atom is 4.00 e. The summed E-state index contributed by atoms with van der Waals surface area (Å²) in [4.78, 5) is 4.56. The minimum Gasteiger partial charge on any atom is -0.507 e. The molecule has 0 spiro atoms. The Bertz CT molecular complexity index is 2670. The number of aromatic hydroxyl groups is 2. The molecule has 0 radical (unpaired) electrons. The first kappa shape index (κ1) is 48.8. The molecule has 0 atom stereocenters. The molecule has 4 nitrogen and oxygen atoms in total. The number of aryl methyl sites for hydroxylation is 2. The van der Waals surface area contributed by atoms with Crippen LogP contribution in [0.1, 0.15) is 80.6 Å². The van der Waals surface area contributed by atoms with Crippen LogP contribution in [0.4, 0.5) is 0 Å². The SMILES string of the molecule is Cc1cc(CN(CCN(C)C)Cc2cc(C)cc(C3(C)c4ccccc4-c4ccccc43)c2O)c(O)c(C2(C)c3ccccc3-c3ccccc32)c1.[CH2-]c1ccccc1.[CH2-]c1ccccc1.[Hf+4]. The van der Waals surface area contributed by atoms with Crippen molar-refractivity contribution in [2.75, 3.05) is 27.2 Å². The molecule has 0 fully saturated rings. The minimum atomic E-state index is -0.500. The van der Waals surface area contributed by atoms with Crippen molar-refractivity contribution in [2.45, 2.75) is 51.6 Å². The molecule has 0 heterocycles. The molecule has 0 amide bonds. The zero-order valence-electron chi connectivity index (χ0n) is 39.9. The van der Waals surface area contributed by atoms with Gasteiger partial charge in [0.25, 0.3) is 0 Å². The zero-order chi connectivity index (χ0) is 46.6. The summed E-state index contributed by atoms with van der Waals surface area (Å²) >= 11 is 0. The van der Waals surface area contributed by atoms with E-state index in [9.17, 15) is 10.2 Å². The molecular weight excluding hydrogens is 983 g/mol. The van der Waals surface area contributed by atoms with E-state index in [0.717, 1.165) is 57.6 Å². The predicted molar refractivity (Wildman–Crippen MR) is 275 cm³/mol. The molecule has 0 bridgehead atoms. The predicted octanol–water partition coefficient (Wildman–Crippen LogP) is 13.7. The first-order valence-corrected chi connectivity index (χ1v) is 23.0. The molecule has 2 aliphatic carbocycles. The summed E-state index contributed by atoms with van der Waals surface area (Å²) in [5, 5.41) is 24.6. The third-order valence-electron chi connectivity index (χ3n) is 13.5. The van der Waals surface area contributed by atoms with Crippen molar-refractivity contribution in [3.63, 3.8) is 0 Å². The van der Waals surface area contributed by atoms with Crippen molar-refractivity contribution in [3.8, 4) is 33.8 Å². The van der Waals surface area contributed by atoms with Crippen LogP contribution in [-0.4, -0.2) is 47.2 Å². The van der Waals surface area contributed by atoms with Crippen LogP contribution in [-0.2, 0) is 49.8 Å². The molecule has 2 aliphatic rings. The molecule has 2 N–H and O–H groups in total. The third-order valence-corrected chi connectivity index (χ3v) is 13.5. The van der Waals surface area contributed by atoms with Gasteiger partial charge in [-0.15, -0.1) is 24.3 Å². The Balaban J connectivity index is 0.000000380. The Kier molecular flexibility index (Phi) is 15.2. The molecule has 5 heteroatoms. The Hall–Kier alpha value is -6.11. The van der Waals surface area contributed by atoms with E-state index >= 15 is 0 Å². The van der Waals surface area contributed by atoms with E-state index in [1.54, 1.807) is 0 Å². The van der Waals surface area contributed by atoms with Gasteiger partial charge in [-0.2, -0.15) is 49.2 Å². The van der Waals surface area contributed by atoms with Gasteiger partial charge in [0.05, 0.1) is 0 Å². The molecule has 334 valence electrons. The first-order valence-electron chi connectivity index (χ1n) is 23.0. The number of phenols is 2. The number of benzene rings is 8. The number of hydrogen-bond acceptors (Lipinski definition) is 4. The summed E-state index contributed by atoms with van der Waals surface area (Å²) < 4.78 is 0. The maximum absolute atomic E-state index is 12.3. The molecule has 8 aromatic rings. The van der Waals surface area contributed by atoms with Crippen molar-refractivity contribution in [3.05, 3.63) is 263 Å². The van der Waals surface area contributed by atoms with Crippen molar-refractivity contribution in [2.24, 2.45) is 0 Å². The van der Waals surface area contributed by atoms with Gasteiger partial charge in [0.1, 0.15) is 11.5 Å². The average molecular weight is 1050 g/mol. The minimum absolute atomic E-state index is 0. The van der Waals surface area contributed by atoms with E-state index in [1.807, 2.05) is 60.7 Å². The van der Waals surface area contributed by atoms with Gasteiger partial charge in [0.2, 0.25) is 0 Å². The van der Waals surface area contributed by atoms with Crippen molar-refractivity contribution in [1.29, 1.82) is 0 Å². The quantitative estimate of drug-likeness (QED) is 0.112. The second kappa shape index (κ2) is 20.8. The Morgan fingerprint density at radius 3 is 1.00 bits per heavy atom. The van der Waals surface area contributed by atoms with Crippen LogP contribution >= 0.6 is 0 Å². The monoisotopic (exact) mass is 1050 g/mol. The van der Waals surface area contributed by atoms with E-state index in [1.165, 1.54) is 44.5 Å². The van der Waals surface area contributed by atoms with Gasteiger partial charge >= 0.3 is 25.8 Å². The molecule has 10 rings (SSSR count). The molecule has 0 saturated heterocycles. The Morgan fingerprint density at radius 2 is 0.716 bits per heavy atom. The van der Waals surface area contributed by atoms with Gasteiger partial charge < -0.3 is 15.1 Å². The van der Waals surface area contributed by atoms with E-state index in [0.29, 0.717) is 24.6 Å². The van der Waals surface area contributed by atoms with Crippen LogP contribution in [0.25, 0.3) is 22.3 Å². The molecular formula is C62H62HfN2O2+2. The van der Waals surface area contributed by atoms with E-state index in [2.05, 4.69) is 187 Å². The van der Waals surface area contributed by atoms with Crippen molar-refractivity contribution >= 4 is 0 Å². The topological polar surface area (TPSA) is 46.9 Å². The first-order chi connectivity index (χ1) is 31.8. The Labute approximate surface area is 418 Å². The molecule has 67 heavy (non-hydrogen) atoms. The van der Waals surface area contributed by atoms with Crippen molar-refractivity contribution < 1.29 is 36.1 Å². The molecule has 0 saturated carbocycles. The van der Waals surface area contributed by atoms with Gasteiger partial charge in [0, 0.05) is 59.3 Å². The molecule has 0 aliphatic heterocycles. The average Bonchev–Trinajstić information content (AvgIpc) is 3.74. The van der Waals surface area contributed by atoms with Crippen LogP contribution in [0.5, 0.6) is 11.5 Å². The number of hydrogen-bond donors (Lipinski definition) is 2. The summed E-state index contributed by atoms with van der Waals surface area (Å²) in [5.74, 6) is 0.686.